The molecular weight excluding hydrogens is 270 g/mol. The smallest absolute Gasteiger partial charge is 0.354 e. The predicted octanol–water partition coefficient (Wildman–Crippen LogP) is 2.17. The summed E-state index contributed by atoms with van der Waals surface area (Å²) in [5.41, 5.74) is 0.327. The van der Waals surface area contributed by atoms with Crippen LogP contribution in [0, 0.1) is 0 Å². The van der Waals surface area contributed by atoms with Crippen molar-refractivity contribution < 1.29 is 19.1 Å². The molecule has 1 aromatic carbocycles. The van der Waals surface area contributed by atoms with Gasteiger partial charge in [0.1, 0.15) is 24.4 Å². The maximum absolute atomic E-state index is 11.6. The molecule has 114 valence electrons. The van der Waals surface area contributed by atoms with Gasteiger partial charge in [0, 0.05) is 0 Å². The van der Waals surface area contributed by atoms with E-state index >= 15 is 0 Å². The molecule has 21 heavy (non-hydrogen) atoms. The first-order valence-electron chi connectivity index (χ1n) is 6.63. The number of nitrogens with one attached hydrogen (secondary N) is 1. The largest absolute Gasteiger partial charge is 0.460 e. The van der Waals surface area contributed by atoms with E-state index in [-0.39, 0.29) is 18.8 Å². The minimum absolute atomic E-state index is 0.0292. The Labute approximate surface area is 124 Å². The highest BCUT2D eigenvalue weighted by Crippen LogP contribution is 2.08. The first-order chi connectivity index (χ1) is 9.78. The fourth-order valence-electron chi connectivity index (χ4n) is 1.38. The third kappa shape index (κ3) is 7.15. The summed E-state index contributed by atoms with van der Waals surface area (Å²) in [5, 5.41) is 2.60. The van der Waals surface area contributed by atoms with E-state index < -0.39 is 17.5 Å². The van der Waals surface area contributed by atoms with E-state index in [9.17, 15) is 9.59 Å². The fourth-order valence-corrected chi connectivity index (χ4v) is 1.38. The molecule has 0 heterocycles. The molecule has 0 atom stereocenters. The number of hydrogen-bond donors (Lipinski definition) is 1. The number of ether oxygens (including phenoxy) is 2. The van der Waals surface area contributed by atoms with Crippen molar-refractivity contribution in [2.45, 2.75) is 33.0 Å². The number of benzene rings is 1. The van der Waals surface area contributed by atoms with Gasteiger partial charge in [0.25, 0.3) is 0 Å². The second-order valence-electron chi connectivity index (χ2n) is 5.48. The van der Waals surface area contributed by atoms with Crippen molar-refractivity contribution in [1.82, 2.24) is 5.32 Å². The Bertz CT molecular complexity index is 503. The molecule has 0 spiro atoms. The van der Waals surface area contributed by atoms with E-state index in [0.29, 0.717) is 0 Å². The van der Waals surface area contributed by atoms with Crippen LogP contribution in [-0.2, 0) is 25.7 Å². The molecule has 0 radical (unpaired) electrons. The molecule has 0 amide bonds. The summed E-state index contributed by atoms with van der Waals surface area (Å²) in [6.07, 6.45) is 0. The molecular formula is C16H21NO4. The quantitative estimate of drug-likeness (QED) is 0.643. The highest BCUT2D eigenvalue weighted by molar-refractivity contribution is 5.88. The molecule has 5 nitrogen and oxygen atoms in total. The number of hydrogen-bond acceptors (Lipinski definition) is 5. The summed E-state index contributed by atoms with van der Waals surface area (Å²) < 4.78 is 10.2. The summed E-state index contributed by atoms with van der Waals surface area (Å²) in [6, 6.07) is 9.34. The van der Waals surface area contributed by atoms with Crippen LogP contribution in [0.4, 0.5) is 0 Å². The maximum atomic E-state index is 11.6. The zero-order valence-corrected chi connectivity index (χ0v) is 12.6. The van der Waals surface area contributed by atoms with E-state index in [1.807, 2.05) is 30.3 Å². The topological polar surface area (TPSA) is 64.6 Å². The minimum Gasteiger partial charge on any atom is -0.460 e. The van der Waals surface area contributed by atoms with Gasteiger partial charge in [-0.25, -0.2) is 4.79 Å². The van der Waals surface area contributed by atoms with Crippen molar-refractivity contribution >= 4 is 11.9 Å². The average Bonchev–Trinajstić information content (AvgIpc) is 2.41. The van der Waals surface area contributed by atoms with Gasteiger partial charge in [0.2, 0.25) is 0 Å². The van der Waals surface area contributed by atoms with Crippen LogP contribution in [0.3, 0.4) is 0 Å². The van der Waals surface area contributed by atoms with Gasteiger partial charge in [-0.05, 0) is 26.3 Å². The summed E-state index contributed by atoms with van der Waals surface area (Å²) in [7, 11) is 0. The lowest BCUT2D eigenvalue weighted by Crippen LogP contribution is -2.32. The van der Waals surface area contributed by atoms with Crippen molar-refractivity contribution in [3.8, 4) is 0 Å². The van der Waals surface area contributed by atoms with E-state index in [1.165, 1.54) is 0 Å². The molecule has 0 aromatic heterocycles. The van der Waals surface area contributed by atoms with Crippen LogP contribution in [-0.4, -0.2) is 24.1 Å². The van der Waals surface area contributed by atoms with E-state index in [0.717, 1.165) is 5.56 Å². The zero-order chi connectivity index (χ0) is 15.9. The van der Waals surface area contributed by atoms with Crippen LogP contribution in [0.25, 0.3) is 0 Å². The molecule has 0 aliphatic carbocycles. The Balaban J connectivity index is 2.29. The molecule has 0 bridgehead atoms. The van der Waals surface area contributed by atoms with Crippen LogP contribution >= 0.6 is 0 Å². The second kappa shape index (κ2) is 7.47. The Morgan fingerprint density at radius 2 is 1.81 bits per heavy atom. The maximum Gasteiger partial charge on any atom is 0.354 e. The molecule has 1 rings (SSSR count). The Morgan fingerprint density at radius 3 is 2.38 bits per heavy atom. The predicted molar refractivity (Wildman–Crippen MR) is 79.2 cm³/mol. The lowest BCUT2D eigenvalue weighted by atomic mass is 10.2. The molecule has 0 fully saturated rings. The third-order valence-electron chi connectivity index (χ3n) is 2.33. The number of esters is 2. The summed E-state index contributed by atoms with van der Waals surface area (Å²) in [4.78, 5) is 23.2. The molecule has 0 saturated carbocycles. The minimum atomic E-state index is -0.602. The Morgan fingerprint density at radius 1 is 1.19 bits per heavy atom. The van der Waals surface area contributed by atoms with Crippen LogP contribution in [0.5, 0.6) is 0 Å². The first-order valence-corrected chi connectivity index (χ1v) is 6.63. The third-order valence-corrected chi connectivity index (χ3v) is 2.33. The lowest BCUT2D eigenvalue weighted by molar-refractivity contribution is -0.150. The van der Waals surface area contributed by atoms with Crippen LogP contribution in [0.1, 0.15) is 26.3 Å². The van der Waals surface area contributed by atoms with Gasteiger partial charge in [-0.15, -0.1) is 0 Å². The molecule has 1 aromatic rings. The van der Waals surface area contributed by atoms with Gasteiger partial charge >= 0.3 is 11.9 Å². The number of rotatable bonds is 6. The van der Waals surface area contributed by atoms with Crippen molar-refractivity contribution in [1.29, 1.82) is 0 Å². The average molecular weight is 291 g/mol. The number of carbonyl (C=O) groups is 2. The van der Waals surface area contributed by atoms with Crippen molar-refractivity contribution in [2.24, 2.45) is 0 Å². The van der Waals surface area contributed by atoms with Gasteiger partial charge in [-0.3, -0.25) is 4.79 Å². The van der Waals surface area contributed by atoms with Crippen LogP contribution < -0.4 is 5.32 Å². The van der Waals surface area contributed by atoms with Gasteiger partial charge in [-0.2, -0.15) is 0 Å². The SMILES string of the molecule is C=C(NCC(=O)OCc1ccccc1)C(=O)OC(C)(C)C. The molecule has 5 heteroatoms. The molecule has 0 aliphatic heterocycles. The van der Waals surface area contributed by atoms with Crippen molar-refractivity contribution in [2.75, 3.05) is 6.54 Å². The van der Waals surface area contributed by atoms with E-state index in [2.05, 4.69) is 11.9 Å². The van der Waals surface area contributed by atoms with E-state index in [4.69, 9.17) is 9.47 Å². The van der Waals surface area contributed by atoms with Gasteiger partial charge in [-0.1, -0.05) is 36.9 Å². The van der Waals surface area contributed by atoms with Gasteiger partial charge < -0.3 is 14.8 Å². The van der Waals surface area contributed by atoms with Crippen molar-refractivity contribution in [3.05, 3.63) is 48.2 Å². The van der Waals surface area contributed by atoms with Crippen LogP contribution in [0.15, 0.2) is 42.6 Å². The highest BCUT2D eigenvalue weighted by Gasteiger charge is 2.19. The lowest BCUT2D eigenvalue weighted by Gasteiger charge is -2.20. The standard InChI is InChI=1S/C16H21NO4/c1-12(15(19)21-16(2,3)4)17-10-14(18)20-11-13-8-6-5-7-9-13/h5-9,17H,1,10-11H2,2-4H3. The summed E-state index contributed by atoms with van der Waals surface area (Å²) in [5.74, 6) is -1.05. The van der Waals surface area contributed by atoms with Crippen LogP contribution in [0.2, 0.25) is 0 Å². The molecule has 0 unspecified atom stereocenters. The molecule has 0 aliphatic rings. The monoisotopic (exact) mass is 291 g/mol. The van der Waals surface area contributed by atoms with Crippen molar-refractivity contribution in [3.63, 3.8) is 0 Å². The van der Waals surface area contributed by atoms with E-state index in [1.54, 1.807) is 20.8 Å². The zero-order valence-electron chi connectivity index (χ0n) is 12.6. The highest BCUT2D eigenvalue weighted by atomic mass is 16.6. The van der Waals surface area contributed by atoms with Gasteiger partial charge in [0.05, 0.1) is 0 Å². The van der Waals surface area contributed by atoms with Gasteiger partial charge in [0.15, 0.2) is 0 Å². The Kier molecular flexibility index (Phi) is 5.96. The summed E-state index contributed by atoms with van der Waals surface area (Å²) in [6.45, 7) is 8.87. The fraction of sp³-hybridized carbons (Fsp3) is 0.375. The number of carbonyl (C=O) groups excluding carboxylic acids is 2. The molecule has 0 saturated heterocycles. The Hall–Kier alpha value is -2.30. The first kappa shape index (κ1) is 16.8. The second-order valence-corrected chi connectivity index (χ2v) is 5.48. The summed E-state index contributed by atoms with van der Waals surface area (Å²) >= 11 is 0. The normalized spacial score (nSPS) is 10.6. The molecule has 1 N–H and O–H groups in total.